The summed E-state index contributed by atoms with van der Waals surface area (Å²) in [4.78, 5) is 28.9. The van der Waals surface area contributed by atoms with Gasteiger partial charge in [-0.25, -0.2) is 0 Å². The zero-order valence-corrected chi connectivity index (χ0v) is 18.3. The van der Waals surface area contributed by atoms with Crippen molar-refractivity contribution in [2.45, 2.75) is 49.2 Å². The van der Waals surface area contributed by atoms with Gasteiger partial charge in [0.25, 0.3) is 5.91 Å². The molecule has 1 fully saturated rings. The average molecular weight is 431 g/mol. The smallest absolute Gasteiger partial charge is 0.255 e. The van der Waals surface area contributed by atoms with Crippen LogP contribution in [0.25, 0.3) is 0 Å². The van der Waals surface area contributed by atoms with Crippen LogP contribution in [0.4, 0.5) is 5.69 Å². The van der Waals surface area contributed by atoms with E-state index in [9.17, 15) is 9.59 Å². The Balaban J connectivity index is 1.72. The molecular formula is C23H27ClN2O2S. The molecule has 0 aliphatic carbocycles. The predicted molar refractivity (Wildman–Crippen MR) is 121 cm³/mol. The van der Waals surface area contributed by atoms with Gasteiger partial charge in [-0.15, -0.1) is 11.8 Å². The Labute approximate surface area is 182 Å². The van der Waals surface area contributed by atoms with Crippen LogP contribution >= 0.6 is 23.4 Å². The third-order valence-corrected chi connectivity index (χ3v) is 6.69. The van der Waals surface area contributed by atoms with Gasteiger partial charge in [0.2, 0.25) is 5.91 Å². The molecule has 0 radical (unpaired) electrons. The molecule has 154 valence electrons. The summed E-state index contributed by atoms with van der Waals surface area (Å²) in [5, 5.41) is 3.42. The lowest BCUT2D eigenvalue weighted by atomic mass is 10.1. The van der Waals surface area contributed by atoms with Crippen molar-refractivity contribution in [3.8, 4) is 0 Å². The van der Waals surface area contributed by atoms with E-state index in [4.69, 9.17) is 11.6 Å². The van der Waals surface area contributed by atoms with Crippen LogP contribution in [0.15, 0.2) is 53.4 Å². The summed E-state index contributed by atoms with van der Waals surface area (Å²) in [7, 11) is 0. The molecule has 4 nitrogen and oxygen atoms in total. The molecule has 0 spiro atoms. The van der Waals surface area contributed by atoms with Crippen molar-refractivity contribution in [1.29, 1.82) is 0 Å². The van der Waals surface area contributed by atoms with Gasteiger partial charge in [-0.05, 0) is 55.7 Å². The van der Waals surface area contributed by atoms with Crippen molar-refractivity contribution in [1.82, 2.24) is 4.90 Å². The van der Waals surface area contributed by atoms with Crippen molar-refractivity contribution in [3.05, 3.63) is 59.1 Å². The first-order valence-electron chi connectivity index (χ1n) is 10.2. The number of likely N-dealkylation sites (tertiary alicyclic amines) is 1. The van der Waals surface area contributed by atoms with Crippen molar-refractivity contribution < 1.29 is 9.59 Å². The molecule has 6 heteroatoms. The Hall–Kier alpha value is -1.98. The van der Waals surface area contributed by atoms with Gasteiger partial charge in [0, 0.05) is 23.0 Å². The molecule has 1 heterocycles. The number of nitrogens with one attached hydrogen (secondary N) is 1. The summed E-state index contributed by atoms with van der Waals surface area (Å²) < 4.78 is 0. The fraction of sp³-hybridized carbons (Fsp3) is 0.391. The molecule has 1 saturated heterocycles. The Morgan fingerprint density at radius 2 is 1.69 bits per heavy atom. The molecule has 1 aliphatic heterocycles. The van der Waals surface area contributed by atoms with E-state index in [1.54, 1.807) is 6.07 Å². The maximum absolute atomic E-state index is 13.1. The van der Waals surface area contributed by atoms with E-state index in [-0.39, 0.29) is 17.1 Å². The van der Waals surface area contributed by atoms with Gasteiger partial charge in [-0.1, -0.05) is 43.5 Å². The van der Waals surface area contributed by atoms with Crippen LogP contribution < -0.4 is 5.32 Å². The Kier molecular flexibility index (Phi) is 8.01. The highest BCUT2D eigenvalue weighted by Crippen LogP contribution is 2.28. The molecule has 2 amide bonds. The summed E-state index contributed by atoms with van der Waals surface area (Å²) in [5.41, 5.74) is 1.15. The third-order valence-electron chi connectivity index (χ3n) is 5.06. The molecule has 29 heavy (non-hydrogen) atoms. The number of carbonyl (C=O) groups excluding carboxylic acids is 2. The van der Waals surface area contributed by atoms with Crippen LogP contribution in [0.3, 0.4) is 0 Å². The maximum Gasteiger partial charge on any atom is 0.255 e. The van der Waals surface area contributed by atoms with Crippen molar-refractivity contribution >= 4 is 40.9 Å². The Morgan fingerprint density at radius 1 is 1.03 bits per heavy atom. The van der Waals surface area contributed by atoms with E-state index >= 15 is 0 Å². The molecular weight excluding hydrogens is 404 g/mol. The third kappa shape index (κ3) is 6.00. The minimum absolute atomic E-state index is 0.00111. The monoisotopic (exact) mass is 430 g/mol. The first-order valence-corrected chi connectivity index (χ1v) is 11.5. The van der Waals surface area contributed by atoms with Gasteiger partial charge < -0.3 is 10.2 Å². The second-order valence-corrected chi connectivity index (χ2v) is 8.92. The molecule has 3 rings (SSSR count). The molecule has 0 saturated carbocycles. The van der Waals surface area contributed by atoms with Gasteiger partial charge in [0.05, 0.1) is 16.5 Å². The van der Waals surface area contributed by atoms with Crippen LogP contribution in [0.5, 0.6) is 0 Å². The average Bonchev–Trinajstić information content (AvgIpc) is 3.03. The van der Waals surface area contributed by atoms with E-state index < -0.39 is 0 Å². The number of anilines is 1. The summed E-state index contributed by atoms with van der Waals surface area (Å²) in [6, 6.07) is 14.8. The fourth-order valence-corrected chi connectivity index (χ4v) is 4.52. The van der Waals surface area contributed by atoms with Crippen LogP contribution in [0.1, 0.15) is 49.4 Å². The van der Waals surface area contributed by atoms with E-state index in [0.717, 1.165) is 30.8 Å². The van der Waals surface area contributed by atoms with Crippen LogP contribution in [0.2, 0.25) is 5.02 Å². The quantitative estimate of drug-likeness (QED) is 0.583. The number of hydrogen-bond donors (Lipinski definition) is 1. The van der Waals surface area contributed by atoms with Gasteiger partial charge in [-0.2, -0.15) is 0 Å². The van der Waals surface area contributed by atoms with Crippen LogP contribution in [-0.4, -0.2) is 35.1 Å². The minimum atomic E-state index is -0.252. The number of hydrogen-bond acceptors (Lipinski definition) is 3. The molecule has 1 N–H and O–H groups in total. The highest BCUT2D eigenvalue weighted by Gasteiger charge is 2.23. The number of amides is 2. The van der Waals surface area contributed by atoms with E-state index in [1.165, 1.54) is 24.6 Å². The number of thioether (sulfide) groups is 1. The molecule has 2 aromatic rings. The number of halogens is 1. The minimum Gasteiger partial charge on any atom is -0.339 e. The lowest BCUT2D eigenvalue weighted by Gasteiger charge is -2.22. The van der Waals surface area contributed by atoms with Crippen molar-refractivity contribution in [2.75, 3.05) is 18.4 Å². The number of para-hydroxylation sites is 1. The van der Waals surface area contributed by atoms with Gasteiger partial charge in [0.15, 0.2) is 0 Å². The van der Waals surface area contributed by atoms with E-state index in [2.05, 4.69) is 5.32 Å². The summed E-state index contributed by atoms with van der Waals surface area (Å²) in [6.45, 7) is 3.55. The molecule has 2 aromatic carbocycles. The number of benzene rings is 2. The maximum atomic E-state index is 13.1. The standard InChI is InChI=1S/C23H27ClN2O2S/c1-2-21(29-18-13-11-17(24)12-14-18)22(27)25-20-10-6-5-9-19(20)23(28)26-15-7-3-4-8-16-26/h5-6,9-14,21H,2-4,7-8,15-16H2,1H3,(H,25,27)/t21-/m1/s1. The molecule has 1 aliphatic rings. The normalized spacial score (nSPS) is 15.4. The molecule has 0 unspecified atom stereocenters. The molecule has 0 bridgehead atoms. The van der Waals surface area contributed by atoms with Crippen molar-refractivity contribution in [2.24, 2.45) is 0 Å². The zero-order valence-electron chi connectivity index (χ0n) is 16.7. The summed E-state index contributed by atoms with van der Waals surface area (Å²) in [6.07, 6.45) is 5.09. The number of nitrogens with zero attached hydrogens (tertiary/aromatic N) is 1. The second-order valence-electron chi connectivity index (χ2n) is 7.21. The summed E-state index contributed by atoms with van der Waals surface area (Å²) >= 11 is 7.45. The Morgan fingerprint density at radius 3 is 2.34 bits per heavy atom. The zero-order chi connectivity index (χ0) is 20.6. The lowest BCUT2D eigenvalue weighted by molar-refractivity contribution is -0.115. The lowest BCUT2D eigenvalue weighted by Crippen LogP contribution is -2.33. The first-order chi connectivity index (χ1) is 14.1. The van der Waals surface area contributed by atoms with Crippen molar-refractivity contribution in [3.63, 3.8) is 0 Å². The SMILES string of the molecule is CC[C@@H](Sc1ccc(Cl)cc1)C(=O)Nc1ccccc1C(=O)N1CCCCCC1. The number of carbonyl (C=O) groups is 2. The summed E-state index contributed by atoms with van der Waals surface area (Å²) in [5.74, 6) is -0.0928. The Bertz CT molecular complexity index is 833. The predicted octanol–water partition coefficient (Wildman–Crippen LogP) is 5.87. The highest BCUT2D eigenvalue weighted by atomic mass is 35.5. The largest absolute Gasteiger partial charge is 0.339 e. The van der Waals surface area contributed by atoms with E-state index in [0.29, 0.717) is 22.7 Å². The van der Waals surface area contributed by atoms with Crippen LogP contribution in [0, 0.1) is 0 Å². The van der Waals surface area contributed by atoms with Gasteiger partial charge >= 0.3 is 0 Å². The molecule has 1 atom stereocenters. The highest BCUT2D eigenvalue weighted by molar-refractivity contribution is 8.00. The fourth-order valence-electron chi connectivity index (χ4n) is 3.44. The second kappa shape index (κ2) is 10.7. The van der Waals surface area contributed by atoms with Gasteiger partial charge in [0.1, 0.15) is 0 Å². The van der Waals surface area contributed by atoms with E-state index in [1.807, 2.05) is 54.3 Å². The van der Waals surface area contributed by atoms with Crippen LogP contribution in [-0.2, 0) is 4.79 Å². The number of rotatable bonds is 6. The first kappa shape index (κ1) is 21.7. The van der Waals surface area contributed by atoms with Gasteiger partial charge in [-0.3, -0.25) is 9.59 Å². The topological polar surface area (TPSA) is 49.4 Å². The molecule has 0 aromatic heterocycles.